The van der Waals surface area contributed by atoms with Gasteiger partial charge in [-0.25, -0.2) is 0 Å². The number of hydrogen-bond acceptors (Lipinski definition) is 4. The summed E-state index contributed by atoms with van der Waals surface area (Å²) < 4.78 is 6.25. The molecule has 23 heavy (non-hydrogen) atoms. The van der Waals surface area contributed by atoms with Gasteiger partial charge in [-0.05, 0) is 6.07 Å². The van der Waals surface area contributed by atoms with E-state index in [1.165, 1.54) is 0 Å². The van der Waals surface area contributed by atoms with Crippen molar-refractivity contribution in [1.29, 1.82) is 0 Å². The van der Waals surface area contributed by atoms with Crippen LogP contribution < -0.4 is 5.73 Å². The third-order valence-corrected chi connectivity index (χ3v) is 4.62. The van der Waals surface area contributed by atoms with E-state index in [9.17, 15) is 9.59 Å². The number of nitrogens with two attached hydrogens (primary N) is 1. The SMILES string of the molecule is Nc1oc2c(c1-c1ccccc1Br)C(=O)c1ccccc1C2=O. The number of halogens is 1. The van der Waals surface area contributed by atoms with Crippen LogP contribution in [0.2, 0.25) is 0 Å². The topological polar surface area (TPSA) is 73.3 Å². The van der Waals surface area contributed by atoms with Crippen LogP contribution in [0.3, 0.4) is 0 Å². The Kier molecular flexibility index (Phi) is 2.99. The van der Waals surface area contributed by atoms with Gasteiger partial charge in [-0.1, -0.05) is 58.4 Å². The Bertz CT molecular complexity index is 988. The minimum atomic E-state index is -0.319. The third kappa shape index (κ3) is 1.90. The first-order chi connectivity index (χ1) is 11.1. The number of nitrogen functional groups attached to an aromatic ring is 1. The smallest absolute Gasteiger partial charge is 0.229 e. The Labute approximate surface area is 140 Å². The van der Waals surface area contributed by atoms with Crippen molar-refractivity contribution in [3.05, 3.63) is 75.5 Å². The molecular weight excluding hydrogens is 358 g/mol. The number of ketones is 2. The average molecular weight is 368 g/mol. The number of hydrogen-bond donors (Lipinski definition) is 1. The molecule has 112 valence electrons. The summed E-state index contributed by atoms with van der Waals surface area (Å²) >= 11 is 3.45. The molecular formula is C18H10BrNO3. The van der Waals surface area contributed by atoms with Gasteiger partial charge in [-0.15, -0.1) is 0 Å². The van der Waals surface area contributed by atoms with E-state index < -0.39 is 0 Å². The first-order valence-corrected chi connectivity index (χ1v) is 7.74. The molecule has 0 amide bonds. The number of benzene rings is 2. The zero-order chi connectivity index (χ0) is 16.1. The number of fused-ring (bicyclic) bond motifs is 2. The van der Waals surface area contributed by atoms with Crippen molar-refractivity contribution in [2.45, 2.75) is 0 Å². The van der Waals surface area contributed by atoms with E-state index in [1.807, 2.05) is 24.3 Å². The third-order valence-electron chi connectivity index (χ3n) is 3.93. The maximum absolute atomic E-state index is 12.9. The van der Waals surface area contributed by atoms with Crippen molar-refractivity contribution in [3.8, 4) is 11.1 Å². The molecule has 1 heterocycles. The van der Waals surface area contributed by atoms with Crippen molar-refractivity contribution in [3.63, 3.8) is 0 Å². The maximum Gasteiger partial charge on any atom is 0.229 e. The van der Waals surface area contributed by atoms with Crippen LogP contribution in [0.25, 0.3) is 11.1 Å². The van der Waals surface area contributed by atoms with E-state index in [1.54, 1.807) is 24.3 Å². The molecule has 0 spiro atoms. The second-order valence-corrected chi connectivity index (χ2v) is 6.08. The molecule has 0 fully saturated rings. The van der Waals surface area contributed by atoms with Gasteiger partial charge < -0.3 is 10.2 Å². The van der Waals surface area contributed by atoms with Gasteiger partial charge >= 0.3 is 0 Å². The highest BCUT2D eigenvalue weighted by molar-refractivity contribution is 9.10. The van der Waals surface area contributed by atoms with Crippen molar-refractivity contribution in [1.82, 2.24) is 0 Å². The summed E-state index contributed by atoms with van der Waals surface area (Å²) in [5.74, 6) is -0.491. The Morgan fingerprint density at radius 3 is 2.00 bits per heavy atom. The number of rotatable bonds is 1. The molecule has 0 radical (unpaired) electrons. The number of furan rings is 1. The van der Waals surface area contributed by atoms with E-state index >= 15 is 0 Å². The largest absolute Gasteiger partial charge is 0.436 e. The molecule has 1 aliphatic rings. The van der Waals surface area contributed by atoms with E-state index in [0.29, 0.717) is 16.7 Å². The maximum atomic E-state index is 12.9. The summed E-state index contributed by atoms with van der Waals surface area (Å²) in [4.78, 5) is 25.5. The summed E-state index contributed by atoms with van der Waals surface area (Å²) in [6.45, 7) is 0. The Balaban J connectivity index is 2.04. The van der Waals surface area contributed by atoms with Crippen LogP contribution in [0.4, 0.5) is 5.88 Å². The van der Waals surface area contributed by atoms with Crippen LogP contribution >= 0.6 is 15.9 Å². The highest BCUT2D eigenvalue weighted by atomic mass is 79.9. The lowest BCUT2D eigenvalue weighted by Crippen LogP contribution is -2.19. The molecule has 2 N–H and O–H groups in total. The second-order valence-electron chi connectivity index (χ2n) is 5.23. The zero-order valence-electron chi connectivity index (χ0n) is 11.8. The van der Waals surface area contributed by atoms with Crippen LogP contribution in [0.15, 0.2) is 57.4 Å². The Hall–Kier alpha value is -2.66. The molecule has 1 aliphatic carbocycles. The van der Waals surface area contributed by atoms with Gasteiger partial charge in [0.25, 0.3) is 0 Å². The molecule has 0 saturated carbocycles. The number of carbonyl (C=O) groups is 2. The van der Waals surface area contributed by atoms with Gasteiger partial charge in [0, 0.05) is 21.2 Å². The fourth-order valence-corrected chi connectivity index (χ4v) is 3.38. The molecule has 2 aromatic carbocycles. The fraction of sp³-hybridized carbons (Fsp3) is 0. The normalized spacial score (nSPS) is 12.9. The predicted molar refractivity (Wildman–Crippen MR) is 89.6 cm³/mol. The highest BCUT2D eigenvalue weighted by Gasteiger charge is 2.37. The van der Waals surface area contributed by atoms with Gasteiger partial charge in [-0.3, -0.25) is 9.59 Å². The molecule has 4 nitrogen and oxygen atoms in total. The molecule has 1 aromatic heterocycles. The Morgan fingerprint density at radius 2 is 1.35 bits per heavy atom. The summed E-state index contributed by atoms with van der Waals surface area (Å²) in [6, 6.07) is 14.1. The molecule has 4 rings (SSSR count). The van der Waals surface area contributed by atoms with E-state index in [-0.39, 0.29) is 28.8 Å². The van der Waals surface area contributed by atoms with Gasteiger partial charge in [0.2, 0.25) is 5.78 Å². The molecule has 0 atom stereocenters. The van der Waals surface area contributed by atoms with Crippen LogP contribution in [-0.2, 0) is 0 Å². The number of carbonyl (C=O) groups excluding carboxylic acids is 2. The number of anilines is 1. The van der Waals surface area contributed by atoms with Gasteiger partial charge in [0.1, 0.15) is 0 Å². The van der Waals surface area contributed by atoms with Crippen molar-refractivity contribution < 1.29 is 14.0 Å². The van der Waals surface area contributed by atoms with Crippen LogP contribution in [0.1, 0.15) is 32.0 Å². The summed E-state index contributed by atoms with van der Waals surface area (Å²) in [7, 11) is 0. The van der Waals surface area contributed by atoms with Crippen molar-refractivity contribution >= 4 is 33.4 Å². The van der Waals surface area contributed by atoms with Crippen molar-refractivity contribution in [2.24, 2.45) is 0 Å². The first kappa shape index (κ1) is 14.0. The molecule has 0 aliphatic heterocycles. The van der Waals surface area contributed by atoms with Crippen LogP contribution in [0, 0.1) is 0 Å². The van der Waals surface area contributed by atoms with E-state index in [0.717, 1.165) is 10.0 Å². The lowest BCUT2D eigenvalue weighted by Gasteiger charge is -2.14. The average Bonchev–Trinajstić information content (AvgIpc) is 2.91. The van der Waals surface area contributed by atoms with E-state index in [4.69, 9.17) is 10.2 Å². The van der Waals surface area contributed by atoms with Gasteiger partial charge in [0.05, 0.1) is 11.1 Å². The minimum absolute atomic E-state index is 0.0111. The van der Waals surface area contributed by atoms with Crippen LogP contribution in [-0.4, -0.2) is 11.6 Å². The zero-order valence-corrected chi connectivity index (χ0v) is 13.4. The standard InChI is InChI=1S/C18H10BrNO3/c19-12-8-4-3-7-11(12)13-14-15(21)9-5-1-2-6-10(9)16(22)17(14)23-18(13)20/h1-8H,20H2. The fourth-order valence-electron chi connectivity index (χ4n) is 2.89. The molecule has 3 aromatic rings. The summed E-state index contributed by atoms with van der Waals surface area (Å²) in [5, 5.41) is 0. The predicted octanol–water partition coefficient (Wildman–Crippen LogP) is 4.07. The second kappa shape index (κ2) is 4.93. The quantitative estimate of drug-likeness (QED) is 0.550. The molecule has 0 saturated heterocycles. The van der Waals surface area contributed by atoms with Crippen molar-refractivity contribution in [2.75, 3.05) is 5.73 Å². The molecule has 5 heteroatoms. The lowest BCUT2D eigenvalue weighted by atomic mass is 9.85. The summed E-state index contributed by atoms with van der Waals surface area (Å²) in [5.41, 5.74) is 8.12. The minimum Gasteiger partial charge on any atom is -0.436 e. The Morgan fingerprint density at radius 1 is 0.783 bits per heavy atom. The monoisotopic (exact) mass is 367 g/mol. The van der Waals surface area contributed by atoms with E-state index in [2.05, 4.69) is 15.9 Å². The van der Waals surface area contributed by atoms with Crippen LogP contribution in [0.5, 0.6) is 0 Å². The molecule has 0 unspecified atom stereocenters. The lowest BCUT2D eigenvalue weighted by molar-refractivity contribution is 0.0961. The summed E-state index contributed by atoms with van der Waals surface area (Å²) in [6.07, 6.45) is 0. The van der Waals surface area contributed by atoms with Gasteiger partial charge in [-0.2, -0.15) is 0 Å². The molecule has 0 bridgehead atoms. The highest BCUT2D eigenvalue weighted by Crippen LogP contribution is 2.42. The van der Waals surface area contributed by atoms with Gasteiger partial charge in [0.15, 0.2) is 17.4 Å². The first-order valence-electron chi connectivity index (χ1n) is 6.95.